The van der Waals surface area contributed by atoms with Gasteiger partial charge < -0.3 is 4.79 Å². The highest BCUT2D eigenvalue weighted by Gasteiger charge is 2.71. The van der Waals surface area contributed by atoms with Gasteiger partial charge >= 0.3 is 12.4 Å². The van der Waals surface area contributed by atoms with Gasteiger partial charge in [0.1, 0.15) is 6.29 Å². The normalized spacial score (nSPS) is 15.7. The molecule has 0 radical (unpaired) electrons. The van der Waals surface area contributed by atoms with Crippen LogP contribution in [0, 0.1) is 16.2 Å². The summed E-state index contributed by atoms with van der Waals surface area (Å²) in [6.45, 7) is 10.2. The molecule has 0 unspecified atom stereocenters. The van der Waals surface area contributed by atoms with Gasteiger partial charge in [-0.15, -0.1) is 0 Å². The van der Waals surface area contributed by atoms with Gasteiger partial charge in [-0.1, -0.05) is 53.2 Å². The molecule has 0 atom stereocenters. The molecule has 0 fully saturated rings. The first-order valence-corrected chi connectivity index (χ1v) is 7.15. The van der Waals surface area contributed by atoms with Crippen LogP contribution in [0.2, 0.25) is 0 Å². The highest BCUT2D eigenvalue weighted by atomic mass is 19.4. The fraction of sp³-hybridized carbons (Fsp3) is 0.812. The molecule has 0 bridgehead atoms. The molecule has 0 aliphatic rings. The van der Waals surface area contributed by atoms with Crippen molar-refractivity contribution in [1.29, 1.82) is 0 Å². The van der Waals surface area contributed by atoms with E-state index in [-0.39, 0.29) is 12.0 Å². The van der Waals surface area contributed by atoms with Gasteiger partial charge in [0.25, 0.3) is 0 Å². The molecular weight excluding hydrogens is 322 g/mol. The highest BCUT2D eigenvalue weighted by Crippen LogP contribution is 2.53. The number of allylic oxidation sites excluding steroid dienone is 2. The highest BCUT2D eigenvalue weighted by molar-refractivity contribution is 5.63. The first-order chi connectivity index (χ1) is 9.85. The molecule has 0 aromatic carbocycles. The zero-order valence-electron chi connectivity index (χ0n) is 14.2. The largest absolute Gasteiger partial charge is 0.410 e. The standard InChI is InChI=1S/C16H24F6O/c1-12(2,3)7-11(8-13(4,5)6)9-14(10-23,15(17,18)19)16(20,21)22/h7,10H,8-9H2,1-6H3. The Morgan fingerprint density at radius 2 is 1.17 bits per heavy atom. The molecule has 0 saturated heterocycles. The van der Waals surface area contributed by atoms with E-state index in [1.807, 2.05) is 0 Å². The van der Waals surface area contributed by atoms with Crippen molar-refractivity contribution in [2.75, 3.05) is 0 Å². The van der Waals surface area contributed by atoms with E-state index in [2.05, 4.69) is 0 Å². The average molecular weight is 346 g/mol. The monoisotopic (exact) mass is 346 g/mol. The predicted octanol–water partition coefficient (Wildman–Crippen LogP) is 6.10. The molecule has 0 aliphatic heterocycles. The summed E-state index contributed by atoms with van der Waals surface area (Å²) in [4.78, 5) is 10.9. The summed E-state index contributed by atoms with van der Waals surface area (Å²) < 4.78 is 78.7. The summed E-state index contributed by atoms with van der Waals surface area (Å²) in [7, 11) is 0. The van der Waals surface area contributed by atoms with Crippen LogP contribution in [-0.2, 0) is 4.79 Å². The van der Waals surface area contributed by atoms with E-state index < -0.39 is 41.3 Å². The smallest absolute Gasteiger partial charge is 0.302 e. The third kappa shape index (κ3) is 6.18. The maximum atomic E-state index is 13.1. The summed E-state index contributed by atoms with van der Waals surface area (Å²) in [5.74, 6) is 0. The minimum absolute atomic E-state index is 0.0215. The quantitative estimate of drug-likeness (QED) is 0.342. The Balaban J connectivity index is 6.10. The van der Waals surface area contributed by atoms with Crippen molar-refractivity contribution < 1.29 is 31.1 Å². The minimum atomic E-state index is -5.71. The molecule has 0 rings (SSSR count). The molecular formula is C16H24F6O. The van der Waals surface area contributed by atoms with Crippen molar-refractivity contribution >= 4 is 6.29 Å². The number of hydrogen-bond donors (Lipinski definition) is 0. The number of aldehydes is 1. The van der Waals surface area contributed by atoms with Crippen LogP contribution in [-0.4, -0.2) is 18.6 Å². The first kappa shape index (κ1) is 22.0. The van der Waals surface area contributed by atoms with Crippen molar-refractivity contribution in [1.82, 2.24) is 0 Å². The lowest BCUT2D eigenvalue weighted by Gasteiger charge is -2.35. The molecule has 0 aliphatic carbocycles. The van der Waals surface area contributed by atoms with Crippen LogP contribution in [0.3, 0.4) is 0 Å². The van der Waals surface area contributed by atoms with Gasteiger partial charge in [-0.05, 0) is 23.7 Å². The molecule has 1 nitrogen and oxygen atoms in total. The zero-order valence-corrected chi connectivity index (χ0v) is 14.2. The first-order valence-electron chi connectivity index (χ1n) is 7.15. The van der Waals surface area contributed by atoms with Crippen LogP contribution in [0.15, 0.2) is 11.6 Å². The molecule has 0 amide bonds. The maximum absolute atomic E-state index is 13.1. The van der Waals surface area contributed by atoms with Gasteiger partial charge in [0.15, 0.2) is 0 Å². The Labute approximate surface area is 133 Å². The Kier molecular flexibility index (Phi) is 6.19. The van der Waals surface area contributed by atoms with Gasteiger partial charge in [0, 0.05) is 0 Å². The number of halogens is 6. The Morgan fingerprint density at radius 3 is 1.39 bits per heavy atom. The lowest BCUT2D eigenvalue weighted by Crippen LogP contribution is -2.51. The van der Waals surface area contributed by atoms with E-state index in [1.54, 1.807) is 41.5 Å². The SMILES string of the molecule is CC(C)(C)C=C(CC(C)(C)C)CC(C=O)(C(F)(F)F)C(F)(F)F. The summed E-state index contributed by atoms with van der Waals surface area (Å²) in [5, 5.41) is 0. The molecule has 0 heterocycles. The molecule has 0 spiro atoms. The fourth-order valence-electron chi connectivity index (χ4n) is 2.35. The molecule has 136 valence electrons. The van der Waals surface area contributed by atoms with E-state index in [1.165, 1.54) is 6.08 Å². The lowest BCUT2D eigenvalue weighted by molar-refractivity contribution is -0.320. The average Bonchev–Trinajstić information content (AvgIpc) is 2.16. The van der Waals surface area contributed by atoms with E-state index in [9.17, 15) is 31.1 Å². The van der Waals surface area contributed by atoms with E-state index in [4.69, 9.17) is 0 Å². The van der Waals surface area contributed by atoms with Crippen LogP contribution in [0.4, 0.5) is 26.3 Å². The predicted molar refractivity (Wildman–Crippen MR) is 76.8 cm³/mol. The molecule has 23 heavy (non-hydrogen) atoms. The minimum Gasteiger partial charge on any atom is -0.302 e. The second-order valence-electron chi connectivity index (χ2n) is 8.17. The van der Waals surface area contributed by atoms with Crippen LogP contribution in [0.5, 0.6) is 0 Å². The van der Waals surface area contributed by atoms with Crippen molar-refractivity contribution in [3.63, 3.8) is 0 Å². The Morgan fingerprint density at radius 1 is 0.783 bits per heavy atom. The van der Waals surface area contributed by atoms with Crippen LogP contribution in [0.25, 0.3) is 0 Å². The number of hydrogen-bond acceptors (Lipinski definition) is 1. The lowest BCUT2D eigenvalue weighted by atomic mass is 9.75. The fourth-order valence-corrected chi connectivity index (χ4v) is 2.35. The van der Waals surface area contributed by atoms with Crippen molar-refractivity contribution in [3.05, 3.63) is 11.6 Å². The van der Waals surface area contributed by atoms with Crippen molar-refractivity contribution in [2.45, 2.75) is 66.7 Å². The van der Waals surface area contributed by atoms with Gasteiger partial charge in [-0.25, -0.2) is 0 Å². The maximum Gasteiger partial charge on any atom is 0.410 e. The van der Waals surface area contributed by atoms with Gasteiger partial charge in [-0.2, -0.15) is 26.3 Å². The molecule has 0 N–H and O–H groups in total. The number of carbonyl (C=O) groups is 1. The third-order valence-corrected chi connectivity index (χ3v) is 3.11. The summed E-state index contributed by atoms with van der Waals surface area (Å²) in [6.07, 6.45) is -12.4. The second kappa shape index (κ2) is 6.48. The molecule has 0 aromatic heterocycles. The van der Waals surface area contributed by atoms with Crippen molar-refractivity contribution in [3.8, 4) is 0 Å². The number of rotatable bonds is 4. The van der Waals surface area contributed by atoms with Crippen molar-refractivity contribution in [2.24, 2.45) is 16.2 Å². The number of carbonyl (C=O) groups excluding carboxylic acids is 1. The zero-order chi connectivity index (χ0) is 18.9. The Bertz CT molecular complexity index is 429. The third-order valence-electron chi connectivity index (χ3n) is 3.11. The molecule has 0 aromatic rings. The van der Waals surface area contributed by atoms with E-state index >= 15 is 0 Å². The van der Waals surface area contributed by atoms with Crippen LogP contribution >= 0.6 is 0 Å². The number of alkyl halides is 6. The summed E-state index contributed by atoms with van der Waals surface area (Å²) in [6, 6.07) is 0. The van der Waals surface area contributed by atoms with Gasteiger partial charge in [0.05, 0.1) is 0 Å². The van der Waals surface area contributed by atoms with Gasteiger partial charge in [-0.3, -0.25) is 0 Å². The van der Waals surface area contributed by atoms with Crippen LogP contribution < -0.4 is 0 Å². The Hall–Kier alpha value is -1.01. The van der Waals surface area contributed by atoms with E-state index in [0.29, 0.717) is 0 Å². The topological polar surface area (TPSA) is 17.1 Å². The molecule has 7 heteroatoms. The molecule has 0 saturated carbocycles. The second-order valence-corrected chi connectivity index (χ2v) is 8.17. The van der Waals surface area contributed by atoms with Gasteiger partial charge in [0.2, 0.25) is 5.41 Å². The summed E-state index contributed by atoms with van der Waals surface area (Å²) in [5.41, 5.74) is -5.51. The van der Waals surface area contributed by atoms with Crippen LogP contribution in [0.1, 0.15) is 54.4 Å². The van der Waals surface area contributed by atoms with E-state index in [0.717, 1.165) is 0 Å². The summed E-state index contributed by atoms with van der Waals surface area (Å²) >= 11 is 0.